The molecular formula is C31H54NO2+. The molecule has 0 saturated heterocycles. The highest BCUT2D eigenvalue weighted by Gasteiger charge is 2.31. The van der Waals surface area contributed by atoms with Crippen molar-refractivity contribution in [2.24, 2.45) is 5.92 Å². The Labute approximate surface area is 211 Å². The Morgan fingerprint density at radius 1 is 0.971 bits per heavy atom. The molecule has 1 aliphatic carbocycles. The van der Waals surface area contributed by atoms with Crippen molar-refractivity contribution in [1.29, 1.82) is 0 Å². The van der Waals surface area contributed by atoms with Crippen molar-refractivity contribution < 1.29 is 15.1 Å². The summed E-state index contributed by atoms with van der Waals surface area (Å²) < 4.78 is 0. The molecule has 3 heteroatoms. The van der Waals surface area contributed by atoms with E-state index < -0.39 is 0 Å². The van der Waals surface area contributed by atoms with Crippen molar-refractivity contribution >= 4 is 0 Å². The number of quaternary nitrogens is 1. The van der Waals surface area contributed by atoms with Crippen molar-refractivity contribution in [1.82, 2.24) is 0 Å². The van der Waals surface area contributed by atoms with E-state index in [1.54, 1.807) is 4.90 Å². The summed E-state index contributed by atoms with van der Waals surface area (Å²) in [5.74, 6) is 0.783. The second kappa shape index (κ2) is 16.0. The lowest BCUT2D eigenvalue weighted by Gasteiger charge is -2.32. The van der Waals surface area contributed by atoms with Gasteiger partial charge in [0.05, 0.1) is 19.6 Å². The summed E-state index contributed by atoms with van der Waals surface area (Å²) in [5, 5.41) is 21.5. The second-order valence-corrected chi connectivity index (χ2v) is 10.4. The van der Waals surface area contributed by atoms with Gasteiger partial charge in [-0.25, -0.2) is 0 Å². The maximum Gasteiger partial charge on any atom is 0.126 e. The molecule has 0 spiro atoms. The fourth-order valence-electron chi connectivity index (χ4n) is 5.32. The van der Waals surface area contributed by atoms with Gasteiger partial charge in [0.1, 0.15) is 11.5 Å². The lowest BCUT2D eigenvalue weighted by molar-refractivity contribution is -0.900. The fourth-order valence-corrected chi connectivity index (χ4v) is 5.32. The molecule has 0 amide bonds. The summed E-state index contributed by atoms with van der Waals surface area (Å²) in [5.41, 5.74) is 5.09. The molecule has 3 N–H and O–H groups in total. The Morgan fingerprint density at radius 2 is 1.56 bits per heavy atom. The van der Waals surface area contributed by atoms with Gasteiger partial charge in [-0.15, -0.1) is 0 Å². The van der Waals surface area contributed by atoms with E-state index in [0.29, 0.717) is 5.56 Å². The number of unbranched alkanes of at least 4 members (excludes halogenated alkanes) is 2. The SMILES string of the molecule is C=C(C)[C@@H]1CCC(C)=C[C@H]1c1c(O)cc(CCCCC)c(C)c1O.CCC[NH+](CCC)CCC. The second-order valence-electron chi connectivity index (χ2n) is 10.4. The number of aromatic hydroxyl groups is 2. The monoisotopic (exact) mass is 472 g/mol. The van der Waals surface area contributed by atoms with Gasteiger partial charge in [0, 0.05) is 11.5 Å². The average Bonchev–Trinajstić information content (AvgIpc) is 2.78. The summed E-state index contributed by atoms with van der Waals surface area (Å²) in [7, 11) is 0. The third-order valence-electron chi connectivity index (χ3n) is 7.25. The minimum Gasteiger partial charge on any atom is -0.507 e. The third-order valence-corrected chi connectivity index (χ3v) is 7.25. The number of allylic oxidation sites excluding steroid dienone is 3. The van der Waals surface area contributed by atoms with E-state index in [1.807, 2.05) is 19.9 Å². The largest absolute Gasteiger partial charge is 0.507 e. The van der Waals surface area contributed by atoms with Crippen molar-refractivity contribution in [2.75, 3.05) is 19.6 Å². The molecule has 34 heavy (non-hydrogen) atoms. The van der Waals surface area contributed by atoms with Crippen LogP contribution in [0.1, 0.15) is 116 Å². The number of hydrogen-bond donors (Lipinski definition) is 3. The summed E-state index contributed by atoms with van der Waals surface area (Å²) in [6.45, 7) is 23.4. The first-order chi connectivity index (χ1) is 16.2. The number of nitrogens with one attached hydrogen (secondary N) is 1. The van der Waals surface area contributed by atoms with E-state index in [4.69, 9.17) is 0 Å². The molecule has 0 saturated carbocycles. The van der Waals surface area contributed by atoms with Gasteiger partial charge in [-0.3, -0.25) is 0 Å². The number of hydrogen-bond acceptors (Lipinski definition) is 2. The Balaban J connectivity index is 0.000000489. The highest BCUT2D eigenvalue weighted by atomic mass is 16.3. The molecule has 194 valence electrons. The van der Waals surface area contributed by atoms with E-state index in [2.05, 4.69) is 47.3 Å². The highest BCUT2D eigenvalue weighted by Crippen LogP contribution is 2.47. The van der Waals surface area contributed by atoms with Crippen LogP contribution in [0, 0.1) is 12.8 Å². The lowest BCUT2D eigenvalue weighted by Crippen LogP contribution is -3.11. The van der Waals surface area contributed by atoms with Gasteiger partial charge in [-0.1, -0.05) is 64.3 Å². The number of phenolic OH excluding ortho intramolecular Hbond substituents is 2. The van der Waals surface area contributed by atoms with Crippen molar-refractivity contribution in [3.05, 3.63) is 46.6 Å². The van der Waals surface area contributed by atoms with Crippen LogP contribution in [0.25, 0.3) is 0 Å². The van der Waals surface area contributed by atoms with Crippen LogP contribution in [0.3, 0.4) is 0 Å². The van der Waals surface area contributed by atoms with Crippen LogP contribution >= 0.6 is 0 Å². The van der Waals surface area contributed by atoms with Crippen LogP contribution in [0.5, 0.6) is 11.5 Å². The number of phenols is 2. The normalized spacial score (nSPS) is 17.8. The number of aryl methyl sites for hydroxylation is 1. The van der Waals surface area contributed by atoms with Crippen LogP contribution < -0.4 is 4.90 Å². The predicted octanol–water partition coefficient (Wildman–Crippen LogP) is 7.26. The summed E-state index contributed by atoms with van der Waals surface area (Å²) in [4.78, 5) is 1.78. The first kappa shape index (κ1) is 30.3. The maximum absolute atomic E-state index is 10.8. The van der Waals surface area contributed by atoms with Crippen molar-refractivity contribution in [2.45, 2.75) is 112 Å². The van der Waals surface area contributed by atoms with Gasteiger partial charge < -0.3 is 15.1 Å². The molecule has 2 atom stereocenters. The average molecular weight is 473 g/mol. The molecule has 3 nitrogen and oxygen atoms in total. The summed E-state index contributed by atoms with van der Waals surface area (Å²) >= 11 is 0. The third kappa shape index (κ3) is 9.13. The van der Waals surface area contributed by atoms with E-state index >= 15 is 0 Å². The molecule has 1 aromatic carbocycles. The minimum atomic E-state index is 0.0136. The Kier molecular flexibility index (Phi) is 14.3. The molecule has 0 aromatic heterocycles. The summed E-state index contributed by atoms with van der Waals surface area (Å²) in [6.07, 6.45) is 12.6. The minimum absolute atomic E-state index is 0.0136. The molecular weight excluding hydrogens is 418 g/mol. The molecule has 0 unspecified atom stereocenters. The standard InChI is InChI=1S/C22H32O2.C9H21N/c1-6-7-8-9-17-13-20(23)21(22(24)16(17)5)19-12-15(4)10-11-18(19)14(2)3;1-4-7-10(8-5-2)9-6-3/h12-13,18-19,23-24H,2,6-11H2,1,3-5H3;4-9H2,1-3H3/p+1/t18-,19+;/m0./s1. The highest BCUT2D eigenvalue weighted by molar-refractivity contribution is 5.56. The zero-order valence-corrected chi connectivity index (χ0v) is 23.4. The predicted molar refractivity (Wildman–Crippen MR) is 148 cm³/mol. The van der Waals surface area contributed by atoms with Crippen LogP contribution in [-0.4, -0.2) is 29.8 Å². The molecule has 2 rings (SSSR count). The van der Waals surface area contributed by atoms with Crippen LogP contribution in [0.15, 0.2) is 29.9 Å². The van der Waals surface area contributed by atoms with E-state index in [1.165, 1.54) is 57.3 Å². The van der Waals surface area contributed by atoms with Gasteiger partial charge in [0.25, 0.3) is 0 Å². The number of rotatable bonds is 12. The van der Waals surface area contributed by atoms with Crippen molar-refractivity contribution in [3.63, 3.8) is 0 Å². The molecule has 0 fully saturated rings. The van der Waals surface area contributed by atoms with Gasteiger partial charge in [0.2, 0.25) is 0 Å². The first-order valence-corrected chi connectivity index (χ1v) is 13.9. The van der Waals surface area contributed by atoms with E-state index in [0.717, 1.165) is 42.4 Å². The zero-order valence-electron chi connectivity index (χ0n) is 23.4. The Hall–Kier alpha value is -1.74. The van der Waals surface area contributed by atoms with Crippen LogP contribution in [-0.2, 0) is 6.42 Å². The van der Waals surface area contributed by atoms with E-state index in [9.17, 15) is 10.2 Å². The Bertz CT molecular complexity index is 766. The fraction of sp³-hybridized carbons (Fsp3) is 0.677. The lowest BCUT2D eigenvalue weighted by atomic mass is 9.73. The quantitative estimate of drug-likeness (QED) is 0.221. The Morgan fingerprint density at radius 3 is 2.06 bits per heavy atom. The van der Waals surface area contributed by atoms with Gasteiger partial charge in [-0.2, -0.15) is 0 Å². The molecule has 0 bridgehead atoms. The molecule has 1 aliphatic rings. The molecule has 0 heterocycles. The molecule has 0 aliphatic heterocycles. The molecule has 0 radical (unpaired) electrons. The maximum atomic E-state index is 10.8. The van der Waals surface area contributed by atoms with Crippen LogP contribution in [0.4, 0.5) is 0 Å². The van der Waals surface area contributed by atoms with Crippen molar-refractivity contribution in [3.8, 4) is 11.5 Å². The summed E-state index contributed by atoms with van der Waals surface area (Å²) in [6, 6.07) is 1.87. The number of benzene rings is 1. The van der Waals surface area contributed by atoms with Crippen LogP contribution in [0.2, 0.25) is 0 Å². The first-order valence-electron chi connectivity index (χ1n) is 13.9. The van der Waals surface area contributed by atoms with Gasteiger partial charge >= 0.3 is 0 Å². The van der Waals surface area contributed by atoms with Gasteiger partial charge in [0.15, 0.2) is 0 Å². The smallest absolute Gasteiger partial charge is 0.126 e. The molecule has 1 aromatic rings. The zero-order chi connectivity index (χ0) is 25.7. The van der Waals surface area contributed by atoms with E-state index in [-0.39, 0.29) is 23.3 Å². The van der Waals surface area contributed by atoms with Gasteiger partial charge in [-0.05, 0) is 88.8 Å². The topological polar surface area (TPSA) is 44.9 Å².